The topological polar surface area (TPSA) is 67.1 Å². The Balaban J connectivity index is 2.36. The Morgan fingerprint density at radius 1 is 0.920 bits per heavy atom. The van der Waals surface area contributed by atoms with E-state index in [4.69, 9.17) is 23.4 Å². The number of benzene rings is 1. The van der Waals surface area contributed by atoms with E-state index in [9.17, 15) is 4.79 Å². The van der Waals surface area contributed by atoms with Crippen LogP contribution in [0.4, 0.5) is 0 Å². The number of methoxy groups -OCH3 is 3. The van der Waals surface area contributed by atoms with E-state index >= 15 is 0 Å². The van der Waals surface area contributed by atoms with E-state index in [0.717, 1.165) is 5.56 Å². The normalized spacial score (nSPS) is 11.0. The fraction of sp³-hybridized carbons (Fsp3) is 0.316. The van der Waals surface area contributed by atoms with E-state index in [1.165, 1.54) is 6.07 Å². The largest absolute Gasteiger partial charge is 0.493 e. The fourth-order valence-electron chi connectivity index (χ4n) is 2.27. The Morgan fingerprint density at radius 3 is 2.08 bits per heavy atom. The van der Waals surface area contributed by atoms with Crippen LogP contribution in [0.2, 0.25) is 0 Å². The predicted octanol–water partition coefficient (Wildman–Crippen LogP) is 3.62. The molecule has 0 aliphatic rings. The number of hydrogen-bond acceptors (Lipinski definition) is 6. The highest BCUT2D eigenvalue weighted by atomic mass is 16.5. The molecule has 0 saturated carbocycles. The van der Waals surface area contributed by atoms with E-state index in [1.807, 2.05) is 13.8 Å². The van der Waals surface area contributed by atoms with Crippen molar-refractivity contribution in [3.63, 3.8) is 0 Å². The average Bonchev–Trinajstić information content (AvgIpc) is 2.57. The molecule has 6 heteroatoms. The predicted molar refractivity (Wildman–Crippen MR) is 95.8 cm³/mol. The lowest BCUT2D eigenvalue weighted by molar-refractivity contribution is 0.239. The van der Waals surface area contributed by atoms with Crippen LogP contribution in [-0.4, -0.2) is 27.4 Å². The van der Waals surface area contributed by atoms with Crippen molar-refractivity contribution in [2.75, 3.05) is 21.3 Å². The maximum Gasteiger partial charge on any atom is 0.339 e. The molecule has 0 radical (unpaired) electrons. The molecular formula is C19H22O6. The van der Waals surface area contributed by atoms with Gasteiger partial charge >= 0.3 is 5.63 Å². The molecule has 1 aromatic heterocycles. The lowest BCUT2D eigenvalue weighted by atomic mass is 10.1. The second-order valence-corrected chi connectivity index (χ2v) is 5.47. The first-order chi connectivity index (χ1) is 12.0. The summed E-state index contributed by atoms with van der Waals surface area (Å²) in [4.78, 5) is 11.7. The number of rotatable bonds is 7. The van der Waals surface area contributed by atoms with Crippen LogP contribution in [0.1, 0.15) is 25.2 Å². The third-order valence-corrected chi connectivity index (χ3v) is 3.26. The third-order valence-electron chi connectivity index (χ3n) is 3.26. The fourth-order valence-corrected chi connectivity index (χ4v) is 2.27. The summed E-state index contributed by atoms with van der Waals surface area (Å²) in [6.07, 6.45) is 3.42. The molecule has 0 saturated heterocycles. The van der Waals surface area contributed by atoms with Gasteiger partial charge in [-0.1, -0.05) is 6.08 Å². The van der Waals surface area contributed by atoms with Crippen LogP contribution in [0.3, 0.4) is 0 Å². The molecule has 0 N–H and O–H groups in total. The highest BCUT2D eigenvalue weighted by Gasteiger charge is 2.12. The van der Waals surface area contributed by atoms with Crippen LogP contribution in [0.5, 0.6) is 23.0 Å². The molecular weight excluding hydrogens is 324 g/mol. The van der Waals surface area contributed by atoms with Gasteiger partial charge in [-0.2, -0.15) is 0 Å². The van der Waals surface area contributed by atoms with Crippen LogP contribution in [-0.2, 0) is 0 Å². The lowest BCUT2D eigenvalue weighted by Gasteiger charge is -2.12. The standard InChI is InChI=1S/C19H22O6/c1-12(2)24-15-10-14(25-18(20)11-15)7-6-13-8-16(21-3)19(23-5)17(9-13)22-4/h6-12H,1-5H3. The third kappa shape index (κ3) is 4.79. The van der Waals surface area contributed by atoms with E-state index in [2.05, 4.69) is 0 Å². The number of ether oxygens (including phenoxy) is 4. The van der Waals surface area contributed by atoms with Gasteiger partial charge in [0.25, 0.3) is 0 Å². The van der Waals surface area contributed by atoms with Gasteiger partial charge in [-0.25, -0.2) is 4.79 Å². The van der Waals surface area contributed by atoms with Gasteiger partial charge in [-0.05, 0) is 37.6 Å². The van der Waals surface area contributed by atoms with Crippen molar-refractivity contribution in [1.82, 2.24) is 0 Å². The Labute approximate surface area is 146 Å². The first-order valence-electron chi connectivity index (χ1n) is 7.76. The maximum absolute atomic E-state index is 11.7. The van der Waals surface area contributed by atoms with E-state index in [1.54, 1.807) is 51.7 Å². The summed E-state index contributed by atoms with van der Waals surface area (Å²) in [5.74, 6) is 2.45. The highest BCUT2D eigenvalue weighted by molar-refractivity contribution is 5.71. The average molecular weight is 346 g/mol. The smallest absolute Gasteiger partial charge is 0.339 e. The summed E-state index contributed by atoms with van der Waals surface area (Å²) in [7, 11) is 4.65. The second kappa shape index (κ2) is 8.28. The molecule has 2 aromatic rings. The summed E-state index contributed by atoms with van der Waals surface area (Å²) in [6.45, 7) is 3.78. The minimum atomic E-state index is -0.470. The zero-order chi connectivity index (χ0) is 18.4. The quantitative estimate of drug-likeness (QED) is 0.763. The molecule has 0 aliphatic carbocycles. The van der Waals surface area contributed by atoms with Gasteiger partial charge in [0, 0.05) is 6.07 Å². The summed E-state index contributed by atoms with van der Waals surface area (Å²) in [5, 5.41) is 0. The van der Waals surface area contributed by atoms with Crippen LogP contribution in [0.25, 0.3) is 12.2 Å². The van der Waals surface area contributed by atoms with Gasteiger partial charge in [-0.3, -0.25) is 0 Å². The van der Waals surface area contributed by atoms with Crippen molar-refractivity contribution in [2.45, 2.75) is 20.0 Å². The molecule has 0 amide bonds. The van der Waals surface area contributed by atoms with Crippen LogP contribution in [0.15, 0.2) is 33.5 Å². The molecule has 0 fully saturated rings. The van der Waals surface area contributed by atoms with Crippen LogP contribution >= 0.6 is 0 Å². The summed E-state index contributed by atoms with van der Waals surface area (Å²) < 4.78 is 26.6. The minimum absolute atomic E-state index is 0.0336. The zero-order valence-electron chi connectivity index (χ0n) is 15.0. The lowest BCUT2D eigenvalue weighted by Crippen LogP contribution is -2.08. The van der Waals surface area contributed by atoms with Gasteiger partial charge < -0.3 is 23.4 Å². The molecule has 1 heterocycles. The van der Waals surface area contributed by atoms with Gasteiger partial charge in [0.2, 0.25) is 5.75 Å². The zero-order valence-corrected chi connectivity index (χ0v) is 15.0. The van der Waals surface area contributed by atoms with Crippen LogP contribution < -0.4 is 24.6 Å². The molecule has 0 bridgehead atoms. The van der Waals surface area contributed by atoms with E-state index in [0.29, 0.717) is 28.8 Å². The van der Waals surface area contributed by atoms with Crippen molar-refractivity contribution in [3.8, 4) is 23.0 Å². The van der Waals surface area contributed by atoms with Crippen LogP contribution in [0, 0.1) is 0 Å². The Hall–Kier alpha value is -2.89. The molecule has 0 unspecified atom stereocenters. The van der Waals surface area contributed by atoms with Gasteiger partial charge in [0.05, 0.1) is 33.5 Å². The molecule has 134 valence electrons. The van der Waals surface area contributed by atoms with E-state index in [-0.39, 0.29) is 6.10 Å². The SMILES string of the molecule is COc1cc(C=Cc2cc(OC(C)C)cc(=O)o2)cc(OC)c1OC. The highest BCUT2D eigenvalue weighted by Crippen LogP contribution is 2.38. The molecule has 0 atom stereocenters. The first kappa shape index (κ1) is 18.4. The summed E-state index contributed by atoms with van der Waals surface area (Å²) >= 11 is 0. The maximum atomic E-state index is 11.7. The van der Waals surface area contributed by atoms with Crippen molar-refractivity contribution < 1.29 is 23.4 Å². The molecule has 0 spiro atoms. The molecule has 2 rings (SSSR count). The van der Waals surface area contributed by atoms with Crippen molar-refractivity contribution in [3.05, 3.63) is 46.0 Å². The van der Waals surface area contributed by atoms with Crippen molar-refractivity contribution in [1.29, 1.82) is 0 Å². The van der Waals surface area contributed by atoms with E-state index < -0.39 is 5.63 Å². The van der Waals surface area contributed by atoms with Gasteiger partial charge in [0.15, 0.2) is 11.5 Å². The molecule has 0 aliphatic heterocycles. The van der Waals surface area contributed by atoms with Gasteiger partial charge in [0.1, 0.15) is 11.5 Å². The molecule has 1 aromatic carbocycles. The van der Waals surface area contributed by atoms with Crippen molar-refractivity contribution in [2.24, 2.45) is 0 Å². The Kier molecular flexibility index (Phi) is 6.11. The monoisotopic (exact) mass is 346 g/mol. The van der Waals surface area contributed by atoms with Gasteiger partial charge in [-0.15, -0.1) is 0 Å². The number of hydrogen-bond donors (Lipinski definition) is 0. The summed E-state index contributed by atoms with van der Waals surface area (Å²) in [5.41, 5.74) is 0.329. The van der Waals surface area contributed by atoms with Crippen molar-refractivity contribution >= 4 is 12.2 Å². The Bertz CT molecular complexity index is 779. The second-order valence-electron chi connectivity index (χ2n) is 5.47. The molecule has 25 heavy (non-hydrogen) atoms. The Morgan fingerprint density at radius 2 is 1.56 bits per heavy atom. The minimum Gasteiger partial charge on any atom is -0.493 e. The first-order valence-corrected chi connectivity index (χ1v) is 7.76. The summed E-state index contributed by atoms with van der Waals surface area (Å²) in [6, 6.07) is 6.57. The molecule has 6 nitrogen and oxygen atoms in total.